The molecule has 2 heterocycles. The number of carbonyl (C=O) groups is 2. The summed E-state index contributed by atoms with van der Waals surface area (Å²) in [4.78, 5) is 26.8. The zero-order valence-electron chi connectivity index (χ0n) is 12.3. The highest BCUT2D eigenvalue weighted by molar-refractivity contribution is 5.76. The number of carboxylic acid groups (broad SMARTS) is 1. The summed E-state index contributed by atoms with van der Waals surface area (Å²) >= 11 is 0. The van der Waals surface area contributed by atoms with E-state index in [1.807, 2.05) is 0 Å². The van der Waals surface area contributed by atoms with Gasteiger partial charge >= 0.3 is 12.0 Å². The number of nitrogens with one attached hydrogen (secondary N) is 1. The van der Waals surface area contributed by atoms with Gasteiger partial charge in [0.05, 0.1) is 5.92 Å². The summed E-state index contributed by atoms with van der Waals surface area (Å²) in [5.41, 5.74) is 0. The largest absolute Gasteiger partial charge is 0.481 e. The van der Waals surface area contributed by atoms with Gasteiger partial charge in [-0.25, -0.2) is 4.79 Å². The number of likely N-dealkylation sites (N-methyl/N-ethyl adjacent to an activating group) is 1. The predicted molar refractivity (Wildman–Crippen MR) is 75.5 cm³/mol. The minimum Gasteiger partial charge on any atom is -0.481 e. The highest BCUT2D eigenvalue weighted by Gasteiger charge is 2.37. The maximum absolute atomic E-state index is 12.0. The third-order valence-electron chi connectivity index (χ3n) is 4.70. The molecule has 0 aliphatic carbocycles. The number of nitrogens with zero attached hydrogens (tertiary/aromatic N) is 2. The Morgan fingerprint density at radius 1 is 1.35 bits per heavy atom. The average Bonchev–Trinajstić information content (AvgIpc) is 2.35. The number of rotatable bonds is 4. The summed E-state index contributed by atoms with van der Waals surface area (Å²) < 4.78 is 0. The zero-order valence-corrected chi connectivity index (χ0v) is 12.3. The monoisotopic (exact) mass is 283 g/mol. The molecular weight excluding hydrogens is 258 g/mol. The van der Waals surface area contributed by atoms with Crippen molar-refractivity contribution in [2.45, 2.75) is 32.2 Å². The molecule has 2 fully saturated rings. The smallest absolute Gasteiger partial charge is 0.317 e. The number of hydrogen-bond donors (Lipinski definition) is 2. The van der Waals surface area contributed by atoms with Gasteiger partial charge < -0.3 is 20.2 Å². The van der Waals surface area contributed by atoms with Crippen LogP contribution < -0.4 is 5.32 Å². The molecule has 2 aliphatic heterocycles. The van der Waals surface area contributed by atoms with Gasteiger partial charge in [-0.05, 0) is 26.4 Å². The van der Waals surface area contributed by atoms with Crippen LogP contribution in [0.5, 0.6) is 0 Å². The normalized spacial score (nSPS) is 25.9. The molecule has 2 N–H and O–H groups in total. The van der Waals surface area contributed by atoms with Gasteiger partial charge in [-0.1, -0.05) is 13.3 Å². The van der Waals surface area contributed by atoms with E-state index in [4.69, 9.17) is 5.11 Å². The second-order valence-electron chi connectivity index (χ2n) is 6.11. The molecule has 0 radical (unpaired) electrons. The molecule has 114 valence electrons. The molecule has 2 amide bonds. The lowest BCUT2D eigenvalue weighted by molar-refractivity contribution is -0.144. The molecule has 0 aromatic carbocycles. The summed E-state index contributed by atoms with van der Waals surface area (Å²) in [5.74, 6) is -1.06. The number of carboxylic acids is 1. The van der Waals surface area contributed by atoms with Crippen LogP contribution in [0.15, 0.2) is 0 Å². The van der Waals surface area contributed by atoms with E-state index < -0.39 is 5.97 Å². The van der Waals surface area contributed by atoms with Crippen LogP contribution in [0, 0.1) is 11.8 Å². The molecule has 0 spiro atoms. The van der Waals surface area contributed by atoms with Gasteiger partial charge in [0, 0.05) is 31.6 Å². The highest BCUT2D eigenvalue weighted by atomic mass is 16.4. The van der Waals surface area contributed by atoms with E-state index in [9.17, 15) is 9.59 Å². The van der Waals surface area contributed by atoms with Gasteiger partial charge in [-0.3, -0.25) is 4.79 Å². The fourth-order valence-corrected chi connectivity index (χ4v) is 2.92. The third-order valence-corrected chi connectivity index (χ3v) is 4.70. The summed E-state index contributed by atoms with van der Waals surface area (Å²) in [6.45, 7) is 4.60. The standard InChI is InChI=1S/C14H25N3O3/c1-10(13(18)19)11-8-17(9-11)14(20)15-7-12-5-3-4-6-16(12)2/h10-12H,3-9H2,1-2H3,(H,15,20)(H,18,19). The summed E-state index contributed by atoms with van der Waals surface area (Å²) in [7, 11) is 2.10. The van der Waals surface area contributed by atoms with Gasteiger partial charge in [0.2, 0.25) is 0 Å². The van der Waals surface area contributed by atoms with Crippen molar-refractivity contribution in [1.82, 2.24) is 15.1 Å². The van der Waals surface area contributed by atoms with Crippen molar-refractivity contribution >= 4 is 12.0 Å². The second-order valence-corrected chi connectivity index (χ2v) is 6.11. The molecule has 0 aromatic heterocycles. The Kier molecular flexibility index (Phi) is 4.86. The molecule has 20 heavy (non-hydrogen) atoms. The third kappa shape index (κ3) is 3.42. The first kappa shape index (κ1) is 15.1. The summed E-state index contributed by atoms with van der Waals surface area (Å²) in [6.07, 6.45) is 3.60. The quantitative estimate of drug-likeness (QED) is 0.801. The second kappa shape index (κ2) is 6.43. The molecule has 2 aliphatic rings. The van der Waals surface area contributed by atoms with Gasteiger partial charge in [-0.15, -0.1) is 0 Å². The first-order valence-electron chi connectivity index (χ1n) is 7.45. The lowest BCUT2D eigenvalue weighted by Gasteiger charge is -2.41. The fraction of sp³-hybridized carbons (Fsp3) is 0.857. The molecule has 0 saturated carbocycles. The lowest BCUT2D eigenvalue weighted by Crippen LogP contribution is -2.57. The molecule has 2 saturated heterocycles. The van der Waals surface area contributed by atoms with Crippen LogP contribution in [0.2, 0.25) is 0 Å². The number of piperidine rings is 1. The Morgan fingerprint density at radius 3 is 2.65 bits per heavy atom. The van der Waals surface area contributed by atoms with E-state index >= 15 is 0 Å². The number of aliphatic carboxylic acids is 1. The number of hydrogen-bond acceptors (Lipinski definition) is 3. The molecule has 2 atom stereocenters. The van der Waals surface area contributed by atoms with E-state index in [2.05, 4.69) is 17.3 Å². The van der Waals surface area contributed by atoms with E-state index in [-0.39, 0.29) is 17.9 Å². The van der Waals surface area contributed by atoms with Crippen LogP contribution in [0.4, 0.5) is 4.79 Å². The van der Waals surface area contributed by atoms with Crippen molar-refractivity contribution in [1.29, 1.82) is 0 Å². The Balaban J connectivity index is 1.68. The van der Waals surface area contributed by atoms with Crippen molar-refractivity contribution in [3.05, 3.63) is 0 Å². The predicted octanol–water partition coefficient (Wildman–Crippen LogP) is 0.833. The Bertz CT molecular complexity index is 369. The van der Waals surface area contributed by atoms with E-state index in [1.165, 1.54) is 12.8 Å². The number of amides is 2. The van der Waals surface area contributed by atoms with Crippen molar-refractivity contribution in [2.24, 2.45) is 11.8 Å². The maximum Gasteiger partial charge on any atom is 0.317 e. The fourth-order valence-electron chi connectivity index (χ4n) is 2.92. The van der Waals surface area contributed by atoms with Crippen LogP contribution in [0.3, 0.4) is 0 Å². The minimum atomic E-state index is -0.779. The zero-order chi connectivity index (χ0) is 14.7. The van der Waals surface area contributed by atoms with E-state index in [0.29, 0.717) is 25.7 Å². The Morgan fingerprint density at radius 2 is 2.05 bits per heavy atom. The van der Waals surface area contributed by atoms with E-state index in [0.717, 1.165) is 13.0 Å². The van der Waals surface area contributed by atoms with Gasteiger partial charge in [-0.2, -0.15) is 0 Å². The SMILES string of the molecule is CC(C(=O)O)C1CN(C(=O)NCC2CCCCN2C)C1. The van der Waals surface area contributed by atoms with Crippen molar-refractivity contribution in [3.63, 3.8) is 0 Å². The summed E-state index contributed by atoms with van der Waals surface area (Å²) in [5, 5.41) is 11.9. The minimum absolute atomic E-state index is 0.0576. The number of carbonyl (C=O) groups excluding carboxylic acids is 1. The molecule has 2 unspecified atom stereocenters. The molecule has 6 nitrogen and oxygen atoms in total. The molecule has 6 heteroatoms. The van der Waals surface area contributed by atoms with Crippen molar-refractivity contribution in [3.8, 4) is 0 Å². The van der Waals surface area contributed by atoms with Gasteiger partial charge in [0.25, 0.3) is 0 Å². The van der Waals surface area contributed by atoms with E-state index in [1.54, 1.807) is 11.8 Å². The number of likely N-dealkylation sites (tertiary alicyclic amines) is 2. The molecule has 0 bridgehead atoms. The Hall–Kier alpha value is -1.30. The van der Waals surface area contributed by atoms with Crippen LogP contribution in [-0.4, -0.2) is 66.2 Å². The van der Waals surface area contributed by atoms with Gasteiger partial charge in [0.1, 0.15) is 0 Å². The Labute approximate surface area is 120 Å². The maximum atomic E-state index is 12.0. The average molecular weight is 283 g/mol. The molecule has 0 aromatic rings. The van der Waals surface area contributed by atoms with Crippen LogP contribution in [-0.2, 0) is 4.79 Å². The van der Waals surface area contributed by atoms with Crippen molar-refractivity contribution < 1.29 is 14.7 Å². The topological polar surface area (TPSA) is 72.9 Å². The molecular formula is C14H25N3O3. The van der Waals surface area contributed by atoms with Crippen LogP contribution in [0.25, 0.3) is 0 Å². The first-order chi connectivity index (χ1) is 9.49. The van der Waals surface area contributed by atoms with Crippen LogP contribution in [0.1, 0.15) is 26.2 Å². The summed E-state index contributed by atoms with van der Waals surface area (Å²) in [6, 6.07) is 0.375. The van der Waals surface area contributed by atoms with Crippen molar-refractivity contribution in [2.75, 3.05) is 33.2 Å². The van der Waals surface area contributed by atoms with Crippen LogP contribution >= 0.6 is 0 Å². The lowest BCUT2D eigenvalue weighted by atomic mass is 9.87. The molecule has 2 rings (SSSR count). The first-order valence-corrected chi connectivity index (χ1v) is 7.45. The van der Waals surface area contributed by atoms with Gasteiger partial charge in [0.15, 0.2) is 0 Å². The highest BCUT2D eigenvalue weighted by Crippen LogP contribution is 2.24. The number of urea groups is 1.